The van der Waals surface area contributed by atoms with Gasteiger partial charge in [0.2, 0.25) is 0 Å². The third-order valence-corrected chi connectivity index (χ3v) is 2.65. The molecule has 0 radical (unpaired) electrons. The van der Waals surface area contributed by atoms with Crippen LogP contribution in [0.4, 0.5) is 13.6 Å². The predicted molar refractivity (Wildman–Crippen MR) is 72.5 cm³/mol. The van der Waals surface area contributed by atoms with Crippen LogP contribution in [0.25, 0.3) is 0 Å². The van der Waals surface area contributed by atoms with Crippen molar-refractivity contribution in [1.82, 2.24) is 5.32 Å². The second-order valence-corrected chi connectivity index (χ2v) is 5.60. The Hall–Kier alpha value is -1.40. The molecule has 0 aliphatic rings. The van der Waals surface area contributed by atoms with E-state index in [4.69, 9.17) is 22.1 Å². The topological polar surface area (TPSA) is 64.3 Å². The number of hydrogen-bond acceptors (Lipinski definition) is 3. The van der Waals surface area contributed by atoms with Gasteiger partial charge in [0.25, 0.3) is 0 Å². The number of carbonyl (C=O) groups excluding carboxylic acids is 1. The fourth-order valence-corrected chi connectivity index (χ4v) is 1.73. The van der Waals surface area contributed by atoms with Gasteiger partial charge in [-0.3, -0.25) is 0 Å². The van der Waals surface area contributed by atoms with Gasteiger partial charge in [0, 0.05) is 12.1 Å². The van der Waals surface area contributed by atoms with Crippen molar-refractivity contribution in [3.63, 3.8) is 0 Å². The number of nitrogens with two attached hydrogens (primary N) is 1. The molecular weight excluding hydrogens is 290 g/mol. The van der Waals surface area contributed by atoms with Crippen LogP contribution in [0.2, 0.25) is 5.02 Å². The lowest BCUT2D eigenvalue weighted by atomic mass is 10.1. The van der Waals surface area contributed by atoms with E-state index < -0.39 is 29.4 Å². The van der Waals surface area contributed by atoms with E-state index in [9.17, 15) is 13.6 Å². The van der Waals surface area contributed by atoms with Gasteiger partial charge in [-0.05, 0) is 32.9 Å². The van der Waals surface area contributed by atoms with Crippen LogP contribution >= 0.6 is 11.6 Å². The Morgan fingerprint density at radius 3 is 2.55 bits per heavy atom. The minimum Gasteiger partial charge on any atom is -0.444 e. The van der Waals surface area contributed by atoms with E-state index in [1.54, 1.807) is 20.8 Å². The first-order valence-electron chi connectivity index (χ1n) is 5.98. The highest BCUT2D eigenvalue weighted by molar-refractivity contribution is 6.30. The lowest BCUT2D eigenvalue weighted by molar-refractivity contribution is 0.0504. The molecule has 7 heteroatoms. The fraction of sp³-hybridized carbons (Fsp3) is 0.462. The van der Waals surface area contributed by atoms with E-state index >= 15 is 0 Å². The Morgan fingerprint density at radius 1 is 1.45 bits per heavy atom. The van der Waals surface area contributed by atoms with Crippen molar-refractivity contribution in [2.24, 2.45) is 5.73 Å². The van der Waals surface area contributed by atoms with Gasteiger partial charge in [0.1, 0.15) is 17.2 Å². The van der Waals surface area contributed by atoms with Crippen molar-refractivity contribution < 1.29 is 18.3 Å². The molecule has 0 aliphatic heterocycles. The molecule has 1 rings (SSSR count). The molecule has 1 unspecified atom stereocenters. The number of rotatable bonds is 3. The SMILES string of the molecule is CC(C)(C)OC(=O)NC(CN)c1c(F)ccc(Cl)c1F. The molecular formula is C13H17ClF2N2O2. The summed E-state index contributed by atoms with van der Waals surface area (Å²) in [5.74, 6) is -1.78. The fourth-order valence-electron chi connectivity index (χ4n) is 1.56. The summed E-state index contributed by atoms with van der Waals surface area (Å²) in [6, 6.07) is 1.04. The maximum absolute atomic E-state index is 13.9. The zero-order chi connectivity index (χ0) is 15.5. The maximum atomic E-state index is 13.9. The number of amides is 1. The van der Waals surface area contributed by atoms with Gasteiger partial charge in [-0.25, -0.2) is 13.6 Å². The first-order valence-corrected chi connectivity index (χ1v) is 6.36. The van der Waals surface area contributed by atoms with Gasteiger partial charge in [-0.15, -0.1) is 0 Å². The summed E-state index contributed by atoms with van der Waals surface area (Å²) < 4.78 is 32.6. The number of halogens is 3. The van der Waals surface area contributed by atoms with Crippen LogP contribution in [0.5, 0.6) is 0 Å². The minimum absolute atomic E-state index is 0.201. The van der Waals surface area contributed by atoms with E-state index in [0.29, 0.717) is 0 Å². The highest BCUT2D eigenvalue weighted by Crippen LogP contribution is 2.26. The molecule has 1 amide bonds. The highest BCUT2D eigenvalue weighted by atomic mass is 35.5. The van der Waals surface area contributed by atoms with Crippen LogP contribution < -0.4 is 11.1 Å². The monoisotopic (exact) mass is 306 g/mol. The Bertz CT molecular complexity index is 504. The number of nitrogens with one attached hydrogen (secondary N) is 1. The number of hydrogen-bond donors (Lipinski definition) is 2. The van der Waals surface area contributed by atoms with Gasteiger partial charge in [-0.2, -0.15) is 0 Å². The van der Waals surface area contributed by atoms with Crippen LogP contribution in [0.3, 0.4) is 0 Å². The Balaban J connectivity index is 2.98. The van der Waals surface area contributed by atoms with Crippen molar-refractivity contribution in [2.75, 3.05) is 6.54 Å². The van der Waals surface area contributed by atoms with Crippen molar-refractivity contribution in [3.8, 4) is 0 Å². The summed E-state index contributed by atoms with van der Waals surface area (Å²) in [6.45, 7) is 4.81. The normalized spacial score (nSPS) is 12.9. The average Bonchev–Trinajstić information content (AvgIpc) is 2.30. The van der Waals surface area contributed by atoms with Crippen molar-refractivity contribution >= 4 is 17.7 Å². The number of benzene rings is 1. The molecule has 112 valence electrons. The van der Waals surface area contributed by atoms with E-state index in [2.05, 4.69) is 5.32 Å². The summed E-state index contributed by atoms with van der Waals surface area (Å²) in [6.07, 6.45) is -0.813. The predicted octanol–water partition coefficient (Wildman–Crippen LogP) is 3.14. The van der Waals surface area contributed by atoms with Crippen LogP contribution in [0.1, 0.15) is 32.4 Å². The van der Waals surface area contributed by atoms with Crippen molar-refractivity contribution in [2.45, 2.75) is 32.4 Å². The Morgan fingerprint density at radius 2 is 2.05 bits per heavy atom. The first kappa shape index (κ1) is 16.7. The van der Waals surface area contributed by atoms with Crippen molar-refractivity contribution in [1.29, 1.82) is 0 Å². The summed E-state index contributed by atoms with van der Waals surface area (Å²) >= 11 is 5.60. The third-order valence-electron chi connectivity index (χ3n) is 2.35. The lowest BCUT2D eigenvalue weighted by Crippen LogP contribution is -2.38. The number of alkyl carbamates (subject to hydrolysis) is 1. The average molecular weight is 307 g/mol. The number of ether oxygens (including phenoxy) is 1. The molecule has 0 fully saturated rings. The summed E-state index contributed by atoms with van der Waals surface area (Å²) in [4.78, 5) is 11.6. The lowest BCUT2D eigenvalue weighted by Gasteiger charge is -2.23. The number of carbonyl (C=O) groups is 1. The van der Waals surface area contributed by atoms with Gasteiger partial charge >= 0.3 is 6.09 Å². The summed E-state index contributed by atoms with van der Waals surface area (Å²) in [5, 5.41) is 2.08. The maximum Gasteiger partial charge on any atom is 0.408 e. The third kappa shape index (κ3) is 4.31. The quantitative estimate of drug-likeness (QED) is 0.843. The molecule has 0 heterocycles. The van der Waals surface area contributed by atoms with E-state index in [0.717, 1.165) is 12.1 Å². The molecule has 1 atom stereocenters. The van der Waals surface area contributed by atoms with Gasteiger partial charge < -0.3 is 15.8 Å². The molecule has 0 saturated heterocycles. The molecule has 1 aromatic rings. The van der Waals surface area contributed by atoms with E-state index in [1.165, 1.54) is 0 Å². The Labute approximate surface area is 121 Å². The zero-order valence-electron chi connectivity index (χ0n) is 11.5. The molecule has 0 spiro atoms. The first-order chi connectivity index (χ1) is 9.15. The summed E-state index contributed by atoms with van der Waals surface area (Å²) in [7, 11) is 0. The van der Waals surface area contributed by atoms with Gasteiger partial charge in [0.15, 0.2) is 0 Å². The molecule has 1 aromatic carbocycles. The summed E-state index contributed by atoms with van der Waals surface area (Å²) in [5.41, 5.74) is 4.35. The molecule has 4 nitrogen and oxygen atoms in total. The molecule has 0 aliphatic carbocycles. The van der Waals surface area contributed by atoms with Crippen molar-refractivity contribution in [3.05, 3.63) is 34.4 Å². The molecule has 3 N–H and O–H groups in total. The highest BCUT2D eigenvalue weighted by Gasteiger charge is 2.25. The van der Waals surface area contributed by atoms with Gasteiger partial charge in [-0.1, -0.05) is 11.6 Å². The minimum atomic E-state index is -1.07. The van der Waals surface area contributed by atoms with Crippen LogP contribution in [0, 0.1) is 11.6 Å². The molecule has 20 heavy (non-hydrogen) atoms. The second-order valence-electron chi connectivity index (χ2n) is 5.19. The van der Waals surface area contributed by atoms with Crippen LogP contribution in [-0.4, -0.2) is 18.2 Å². The van der Waals surface area contributed by atoms with Gasteiger partial charge in [0.05, 0.1) is 11.1 Å². The molecule has 0 saturated carbocycles. The van der Waals surface area contributed by atoms with Crippen LogP contribution in [-0.2, 0) is 4.74 Å². The molecule has 0 bridgehead atoms. The largest absolute Gasteiger partial charge is 0.444 e. The zero-order valence-corrected chi connectivity index (χ0v) is 12.2. The standard InChI is InChI=1S/C13H17ClF2N2O2/c1-13(2,3)20-12(19)18-9(6-17)10-8(15)5-4-7(14)11(10)16/h4-5,9H,6,17H2,1-3H3,(H,18,19). The van der Waals surface area contributed by atoms with E-state index in [-0.39, 0.29) is 17.1 Å². The Kier molecular flexibility index (Phi) is 5.30. The van der Waals surface area contributed by atoms with E-state index in [1.807, 2.05) is 0 Å². The van der Waals surface area contributed by atoms with Crippen LogP contribution in [0.15, 0.2) is 12.1 Å². The molecule has 0 aromatic heterocycles. The second kappa shape index (κ2) is 6.37. The smallest absolute Gasteiger partial charge is 0.408 e.